The summed E-state index contributed by atoms with van der Waals surface area (Å²) in [4.78, 5) is 0. The van der Waals surface area contributed by atoms with Gasteiger partial charge in [-0.25, -0.2) is 0 Å². The molecule has 0 atom stereocenters. The number of hydrogen-bond acceptors (Lipinski definition) is 0. The van der Waals surface area contributed by atoms with Gasteiger partial charge in [0.15, 0.2) is 0 Å². The van der Waals surface area contributed by atoms with Crippen molar-refractivity contribution in [2.24, 2.45) is 0 Å². The molecule has 0 aromatic carbocycles. The van der Waals surface area contributed by atoms with Crippen molar-refractivity contribution in [3.05, 3.63) is 0 Å². The Morgan fingerprint density at radius 3 is 0.308 bits per heavy atom. The molecule has 0 amide bonds. The maximum atomic E-state index is 0. The Morgan fingerprint density at radius 1 is 0.308 bits per heavy atom. The van der Waals surface area contributed by atoms with Crippen molar-refractivity contribution in [1.82, 2.24) is 0 Å². The van der Waals surface area contributed by atoms with Gasteiger partial charge in [0, 0.05) is 0 Å². The van der Waals surface area contributed by atoms with Crippen LogP contribution in [0.1, 0.15) is 0 Å². The van der Waals surface area contributed by atoms with Crippen molar-refractivity contribution < 1.29 is 144 Å². The molecule has 74 valence electrons. The van der Waals surface area contributed by atoms with Crippen LogP contribution < -0.4 is 0 Å². The molecule has 13 heavy (non-hydrogen) atoms. The molecule has 0 unspecified atom stereocenters. The maximum absolute atomic E-state index is 0. The van der Waals surface area contributed by atoms with Gasteiger partial charge in [-0.2, -0.15) is 0 Å². The molecule has 0 aliphatic carbocycles. The first-order valence-electron chi connectivity index (χ1n) is 0. The third-order valence-corrected chi connectivity index (χ3v) is 0. The molecule has 0 fully saturated rings. The largest absolute Gasteiger partial charge is 3.00 e. The molecule has 0 spiro atoms. The molecule has 0 saturated heterocycles. The van der Waals surface area contributed by atoms with Gasteiger partial charge in [0.1, 0.15) is 0 Å². The van der Waals surface area contributed by atoms with Gasteiger partial charge < -0.3 is 38.3 Å². The molecular weight excluding hydrogens is 792 g/mol. The second-order valence-electron chi connectivity index (χ2n) is 0. The smallest absolute Gasteiger partial charge is 2.00 e. The number of hydrogen-bond donors (Lipinski definition) is 0. The van der Waals surface area contributed by atoms with Crippen LogP contribution in [0.2, 0.25) is 0 Å². The van der Waals surface area contributed by atoms with Crippen molar-refractivity contribution in [3.8, 4) is 0 Å². The summed E-state index contributed by atoms with van der Waals surface area (Å²) in [6.45, 7) is 0. The zero-order chi connectivity index (χ0) is 0. The van der Waals surface area contributed by atoms with E-state index in [0.717, 1.165) is 0 Å². The van der Waals surface area contributed by atoms with Crippen LogP contribution >= 0.6 is 0 Å². The summed E-state index contributed by atoms with van der Waals surface area (Å²) < 4.78 is 0. The molecule has 0 saturated carbocycles. The average Bonchev–Trinajstić information content (AvgIpc) is 0. The Kier molecular flexibility index (Phi) is 1730. The first-order valence-corrected chi connectivity index (χ1v) is 0. The number of rotatable bonds is 0. The molecule has 13 heteroatoms. The second-order valence-corrected chi connectivity index (χ2v) is 0. The zero-order valence-corrected chi connectivity index (χ0v) is 24.0. The Morgan fingerprint density at radius 2 is 0.308 bits per heavy atom. The first kappa shape index (κ1) is 163. The SMILES string of the molecule is [Ba+2].[Ba+2].[Cu+2].[Cu+2].[La+3].[La+3].[O-2].[O-2].[O-2].[O-2].[O-2].[O-2].[O-2]. The molecule has 7 nitrogen and oxygen atoms in total. The van der Waals surface area contributed by atoms with Crippen LogP contribution in [0.25, 0.3) is 0 Å². The molecule has 0 N–H and O–H groups in total. The zero-order valence-electron chi connectivity index (χ0n) is 6.03. The summed E-state index contributed by atoms with van der Waals surface area (Å²) in [6.07, 6.45) is 0. The van der Waals surface area contributed by atoms with E-state index in [1.165, 1.54) is 0 Å². The molecule has 0 aliphatic rings. The van der Waals surface area contributed by atoms with Crippen molar-refractivity contribution in [1.29, 1.82) is 0 Å². The van der Waals surface area contributed by atoms with Crippen LogP contribution in [-0.4, -0.2) is 97.8 Å². The summed E-state index contributed by atoms with van der Waals surface area (Å²) in [7, 11) is 0. The predicted molar refractivity (Wildman–Crippen MR) is 16.3 cm³/mol. The molecular formula is Ba2Cu2La2O7. The van der Waals surface area contributed by atoms with Gasteiger partial charge in [-0.3, -0.25) is 0 Å². The van der Waals surface area contributed by atoms with Crippen molar-refractivity contribution in [3.63, 3.8) is 0 Å². The Labute approximate surface area is 234 Å². The van der Waals surface area contributed by atoms with Crippen LogP contribution in [0.4, 0.5) is 0 Å². The van der Waals surface area contributed by atoms with E-state index in [4.69, 9.17) is 0 Å². The van der Waals surface area contributed by atoms with E-state index in [2.05, 4.69) is 0 Å². The normalized spacial score (nSPS) is 0. The van der Waals surface area contributed by atoms with Gasteiger partial charge in [-0.15, -0.1) is 0 Å². The average molecular weight is 792 g/mol. The standard InChI is InChI=1S/2Ba.2Cu.2La.7O/q4*+2;2*+3;7*-2. The summed E-state index contributed by atoms with van der Waals surface area (Å²) in [5, 5.41) is 0. The fourth-order valence-corrected chi connectivity index (χ4v) is 0. The van der Waals surface area contributed by atoms with E-state index in [-0.39, 0.29) is 241 Å². The third-order valence-electron chi connectivity index (χ3n) is 0. The summed E-state index contributed by atoms with van der Waals surface area (Å²) in [6, 6.07) is 0. The molecule has 0 aromatic rings. The van der Waals surface area contributed by atoms with Gasteiger partial charge in [0.2, 0.25) is 0 Å². The first-order chi connectivity index (χ1) is 0. The minimum absolute atomic E-state index is 0. The van der Waals surface area contributed by atoms with Crippen LogP contribution in [0.5, 0.6) is 0 Å². The Hall–Kier alpha value is 6.29. The Balaban J connectivity index is 0. The van der Waals surface area contributed by atoms with E-state index in [0.29, 0.717) is 0 Å². The van der Waals surface area contributed by atoms with Crippen LogP contribution in [0.15, 0.2) is 0 Å². The van der Waals surface area contributed by atoms with E-state index < -0.39 is 0 Å². The third kappa shape index (κ3) is 123. The summed E-state index contributed by atoms with van der Waals surface area (Å²) in [5.74, 6) is 0. The molecule has 0 heterocycles. The van der Waals surface area contributed by atoms with Crippen molar-refractivity contribution in [2.75, 3.05) is 0 Å². The Bertz CT molecular complexity index is 22.5. The molecule has 2 radical (unpaired) electrons. The topological polar surface area (TPSA) is 200 Å². The van der Waals surface area contributed by atoms with Gasteiger partial charge >= 0.3 is 203 Å². The van der Waals surface area contributed by atoms with E-state index in [1.54, 1.807) is 0 Å². The fraction of sp³-hybridized carbons (Fsp3) is 0. The predicted octanol–water partition coefficient (Wildman–Crippen LogP) is -1.60. The van der Waals surface area contributed by atoms with Crippen LogP contribution in [0, 0.1) is 71.2 Å². The quantitative estimate of drug-likeness (QED) is 0.255. The van der Waals surface area contributed by atoms with Crippen LogP contribution in [0.3, 0.4) is 0 Å². The van der Waals surface area contributed by atoms with Gasteiger partial charge in [-0.1, -0.05) is 0 Å². The van der Waals surface area contributed by atoms with Gasteiger partial charge in [0.25, 0.3) is 0 Å². The van der Waals surface area contributed by atoms with Crippen molar-refractivity contribution in [2.45, 2.75) is 0 Å². The molecule has 0 aromatic heterocycles. The molecule has 0 aliphatic heterocycles. The van der Waals surface area contributed by atoms with Gasteiger partial charge in [-0.05, 0) is 0 Å². The van der Waals surface area contributed by atoms with E-state index >= 15 is 0 Å². The van der Waals surface area contributed by atoms with E-state index in [9.17, 15) is 0 Å². The minimum Gasteiger partial charge on any atom is -2.00 e. The maximum Gasteiger partial charge on any atom is 3.00 e. The van der Waals surface area contributed by atoms with Crippen molar-refractivity contribution >= 4 is 97.8 Å². The fourth-order valence-electron chi connectivity index (χ4n) is 0. The molecule has 0 bridgehead atoms. The summed E-state index contributed by atoms with van der Waals surface area (Å²) >= 11 is 0. The monoisotopic (exact) mass is 791 g/mol. The van der Waals surface area contributed by atoms with Crippen LogP contribution in [-0.2, 0) is 72.5 Å². The second kappa shape index (κ2) is 138. The van der Waals surface area contributed by atoms with Gasteiger partial charge in [0.05, 0.1) is 0 Å². The minimum atomic E-state index is 0. The van der Waals surface area contributed by atoms with E-state index in [1.807, 2.05) is 0 Å². The molecule has 0 rings (SSSR count). The summed E-state index contributed by atoms with van der Waals surface area (Å²) in [5.41, 5.74) is 0.